The molecule has 4 unspecified atom stereocenters. The topological polar surface area (TPSA) is 97.2 Å². The summed E-state index contributed by atoms with van der Waals surface area (Å²) in [4.78, 5) is 25.2. The van der Waals surface area contributed by atoms with Gasteiger partial charge < -0.3 is 15.2 Å². The van der Waals surface area contributed by atoms with Gasteiger partial charge in [0.1, 0.15) is 17.3 Å². The van der Waals surface area contributed by atoms with E-state index in [0.717, 1.165) is 17.7 Å². The summed E-state index contributed by atoms with van der Waals surface area (Å²) in [6, 6.07) is 6.58. The van der Waals surface area contributed by atoms with Crippen molar-refractivity contribution in [1.29, 1.82) is 0 Å². The molecule has 1 saturated heterocycles. The van der Waals surface area contributed by atoms with Crippen molar-refractivity contribution in [3.8, 4) is 11.4 Å². The lowest BCUT2D eigenvalue weighted by atomic mass is 9.84. The van der Waals surface area contributed by atoms with Gasteiger partial charge >= 0.3 is 0 Å². The smallest absolute Gasteiger partial charge is 0.274 e. The van der Waals surface area contributed by atoms with Crippen LogP contribution in [0.15, 0.2) is 48.9 Å². The number of amides is 1. The Morgan fingerprint density at radius 1 is 1.11 bits per heavy atom. The average molecular weight is 483 g/mol. The zero-order valence-corrected chi connectivity index (χ0v) is 19.8. The molecule has 0 aliphatic carbocycles. The number of halogens is 2. The van der Waals surface area contributed by atoms with Gasteiger partial charge in [0, 0.05) is 18.0 Å². The maximum atomic E-state index is 14.2. The lowest BCUT2D eigenvalue weighted by molar-refractivity contribution is -0.146. The van der Waals surface area contributed by atoms with Crippen LogP contribution in [-0.2, 0) is 4.74 Å². The van der Waals surface area contributed by atoms with Crippen LogP contribution in [0.1, 0.15) is 55.8 Å². The average Bonchev–Trinajstić information content (AvgIpc) is 2.84. The molecule has 0 saturated carbocycles. The number of carbonyl (C=O) groups is 1. The maximum Gasteiger partial charge on any atom is 0.274 e. The molecule has 35 heavy (non-hydrogen) atoms. The SMILES string of the molecule is CC(C)C(C)C1OC(c2ccncc2NC(=O)c2ccnc(-c3c(F)cccc3F)n2)CCC1O. The zero-order valence-electron chi connectivity index (χ0n) is 19.8. The molecule has 1 fully saturated rings. The van der Waals surface area contributed by atoms with Gasteiger partial charge in [0.2, 0.25) is 0 Å². The minimum absolute atomic E-state index is 0.0567. The number of benzene rings is 1. The molecule has 7 nitrogen and oxygen atoms in total. The molecule has 184 valence electrons. The van der Waals surface area contributed by atoms with E-state index < -0.39 is 29.2 Å². The first-order chi connectivity index (χ1) is 16.8. The molecular formula is C26H28F2N4O3. The number of carbonyl (C=O) groups excluding carboxylic acids is 1. The molecule has 3 heterocycles. The minimum Gasteiger partial charge on any atom is -0.390 e. The Kier molecular flexibility index (Phi) is 7.47. The van der Waals surface area contributed by atoms with Crippen molar-refractivity contribution in [3.05, 3.63) is 71.8 Å². The number of nitrogens with one attached hydrogen (secondary N) is 1. The molecule has 9 heteroatoms. The van der Waals surface area contributed by atoms with E-state index in [0.29, 0.717) is 24.4 Å². The Morgan fingerprint density at radius 3 is 2.57 bits per heavy atom. The van der Waals surface area contributed by atoms with E-state index in [9.17, 15) is 18.7 Å². The van der Waals surface area contributed by atoms with E-state index in [-0.39, 0.29) is 29.6 Å². The third-order valence-electron chi connectivity index (χ3n) is 6.52. The maximum absolute atomic E-state index is 14.2. The second-order valence-corrected chi connectivity index (χ2v) is 9.12. The number of ether oxygens (including phenoxy) is 1. The third-order valence-corrected chi connectivity index (χ3v) is 6.52. The Labute approximate surface area is 202 Å². The van der Waals surface area contributed by atoms with Crippen LogP contribution >= 0.6 is 0 Å². The van der Waals surface area contributed by atoms with Crippen LogP contribution in [0.2, 0.25) is 0 Å². The molecule has 4 atom stereocenters. The van der Waals surface area contributed by atoms with E-state index >= 15 is 0 Å². The van der Waals surface area contributed by atoms with Gasteiger partial charge in [0.25, 0.3) is 5.91 Å². The van der Waals surface area contributed by atoms with E-state index in [1.54, 1.807) is 12.3 Å². The summed E-state index contributed by atoms with van der Waals surface area (Å²) >= 11 is 0. The lowest BCUT2D eigenvalue weighted by Gasteiger charge is -2.39. The predicted octanol–water partition coefficient (Wildman–Crippen LogP) is 4.94. The third kappa shape index (κ3) is 5.36. The van der Waals surface area contributed by atoms with Crippen LogP contribution in [0.5, 0.6) is 0 Å². The van der Waals surface area contributed by atoms with Crippen LogP contribution in [0.25, 0.3) is 11.4 Å². The second kappa shape index (κ2) is 10.5. The first-order valence-electron chi connectivity index (χ1n) is 11.6. The number of aromatic nitrogens is 3. The van der Waals surface area contributed by atoms with Crippen molar-refractivity contribution in [2.45, 2.75) is 51.9 Å². The number of nitrogens with zero attached hydrogens (tertiary/aromatic N) is 3. The van der Waals surface area contributed by atoms with Gasteiger partial charge in [-0.05, 0) is 48.9 Å². The summed E-state index contributed by atoms with van der Waals surface area (Å²) in [5, 5.41) is 13.3. The number of aliphatic hydroxyl groups excluding tert-OH is 1. The number of pyridine rings is 1. The summed E-state index contributed by atoms with van der Waals surface area (Å²) in [5.74, 6) is -1.97. The highest BCUT2D eigenvalue weighted by Crippen LogP contribution is 2.38. The van der Waals surface area contributed by atoms with Gasteiger partial charge in [0.15, 0.2) is 5.82 Å². The fraction of sp³-hybridized carbons (Fsp3) is 0.385. The largest absolute Gasteiger partial charge is 0.390 e. The number of anilines is 1. The van der Waals surface area contributed by atoms with Crippen molar-refractivity contribution in [3.63, 3.8) is 0 Å². The predicted molar refractivity (Wildman–Crippen MR) is 126 cm³/mol. The van der Waals surface area contributed by atoms with Gasteiger partial charge in [0.05, 0.1) is 35.8 Å². The zero-order chi connectivity index (χ0) is 25.1. The molecule has 3 aromatic rings. The van der Waals surface area contributed by atoms with Gasteiger partial charge in [-0.15, -0.1) is 0 Å². The molecule has 1 amide bonds. The highest BCUT2D eigenvalue weighted by molar-refractivity contribution is 6.03. The molecule has 1 aromatic carbocycles. The number of hydrogen-bond donors (Lipinski definition) is 2. The van der Waals surface area contributed by atoms with Gasteiger partial charge in [-0.25, -0.2) is 18.7 Å². The van der Waals surface area contributed by atoms with Crippen LogP contribution < -0.4 is 5.32 Å². The van der Waals surface area contributed by atoms with Crippen LogP contribution in [0, 0.1) is 23.5 Å². The van der Waals surface area contributed by atoms with Crippen LogP contribution in [-0.4, -0.2) is 38.2 Å². The van der Waals surface area contributed by atoms with Crippen LogP contribution in [0.3, 0.4) is 0 Å². The Morgan fingerprint density at radius 2 is 1.86 bits per heavy atom. The van der Waals surface area contributed by atoms with E-state index in [2.05, 4.69) is 41.0 Å². The second-order valence-electron chi connectivity index (χ2n) is 9.12. The summed E-state index contributed by atoms with van der Waals surface area (Å²) in [6.45, 7) is 6.23. The highest BCUT2D eigenvalue weighted by Gasteiger charge is 2.36. The first kappa shape index (κ1) is 24.8. The van der Waals surface area contributed by atoms with Crippen molar-refractivity contribution in [2.75, 3.05) is 5.32 Å². The first-order valence-corrected chi connectivity index (χ1v) is 11.6. The van der Waals surface area contributed by atoms with Crippen LogP contribution in [0.4, 0.5) is 14.5 Å². The molecule has 0 bridgehead atoms. The highest BCUT2D eigenvalue weighted by atomic mass is 19.1. The Hall–Kier alpha value is -3.30. The normalized spacial score (nSPS) is 21.1. The standard InChI is InChI=1S/C26H28F2N4O3/c1-14(2)15(3)24-21(33)7-8-22(35-24)16-9-11-29-13-20(16)32-26(34)19-10-12-30-25(31-19)23-17(27)5-4-6-18(23)28/h4-6,9-15,21-22,24,33H,7-8H2,1-3H3,(H,32,34). The van der Waals surface area contributed by atoms with Gasteiger partial charge in [-0.2, -0.15) is 0 Å². The minimum atomic E-state index is -0.820. The summed E-state index contributed by atoms with van der Waals surface area (Å²) in [5.41, 5.74) is 0.713. The molecule has 1 aliphatic heterocycles. The monoisotopic (exact) mass is 482 g/mol. The van der Waals surface area contributed by atoms with E-state index in [4.69, 9.17) is 4.74 Å². The number of aliphatic hydroxyl groups is 1. The number of rotatable bonds is 6. The molecular weight excluding hydrogens is 454 g/mol. The molecule has 4 rings (SSSR count). The molecule has 0 spiro atoms. The lowest BCUT2D eigenvalue weighted by Crippen LogP contribution is -2.41. The quantitative estimate of drug-likeness (QED) is 0.516. The van der Waals surface area contributed by atoms with E-state index in [1.807, 2.05) is 0 Å². The summed E-state index contributed by atoms with van der Waals surface area (Å²) in [7, 11) is 0. The van der Waals surface area contributed by atoms with Crippen molar-refractivity contribution < 1.29 is 23.4 Å². The van der Waals surface area contributed by atoms with Crippen molar-refractivity contribution >= 4 is 11.6 Å². The molecule has 2 aromatic heterocycles. The van der Waals surface area contributed by atoms with E-state index in [1.165, 1.54) is 24.5 Å². The van der Waals surface area contributed by atoms with Gasteiger partial charge in [-0.3, -0.25) is 9.78 Å². The summed E-state index contributed by atoms with van der Waals surface area (Å²) in [6.07, 6.45) is 4.34. The number of hydrogen-bond acceptors (Lipinski definition) is 6. The molecule has 2 N–H and O–H groups in total. The Bertz CT molecular complexity index is 1190. The fourth-order valence-corrected chi connectivity index (χ4v) is 4.21. The van der Waals surface area contributed by atoms with Crippen molar-refractivity contribution in [1.82, 2.24) is 15.0 Å². The molecule has 0 radical (unpaired) electrons. The molecule has 1 aliphatic rings. The van der Waals surface area contributed by atoms with Gasteiger partial charge in [-0.1, -0.05) is 26.8 Å². The Balaban J connectivity index is 1.57. The van der Waals surface area contributed by atoms with Crippen molar-refractivity contribution in [2.24, 2.45) is 11.8 Å². The fourth-order valence-electron chi connectivity index (χ4n) is 4.21. The summed E-state index contributed by atoms with van der Waals surface area (Å²) < 4.78 is 34.7.